The third kappa shape index (κ3) is 3.92. The van der Waals surface area contributed by atoms with Gasteiger partial charge < -0.3 is 10.6 Å². The lowest BCUT2D eigenvalue weighted by Gasteiger charge is -2.14. The fourth-order valence-electron chi connectivity index (χ4n) is 1.35. The van der Waals surface area contributed by atoms with Gasteiger partial charge in [-0.05, 0) is 32.0 Å². The average Bonchev–Trinajstić information content (AvgIpc) is 2.32. The molecule has 0 aliphatic rings. The van der Waals surface area contributed by atoms with Crippen LogP contribution in [0, 0.1) is 0 Å². The molecule has 0 saturated carbocycles. The predicted octanol–water partition coefficient (Wildman–Crippen LogP) is 1.88. The van der Waals surface area contributed by atoms with Crippen LogP contribution in [-0.2, 0) is 4.79 Å². The third-order valence-electron chi connectivity index (χ3n) is 2.29. The zero-order chi connectivity index (χ0) is 13.7. The summed E-state index contributed by atoms with van der Waals surface area (Å²) in [6.45, 7) is 3.95. The van der Waals surface area contributed by atoms with E-state index in [4.69, 9.17) is 11.6 Å². The van der Waals surface area contributed by atoms with E-state index in [2.05, 4.69) is 23.3 Å². The monoisotopic (exact) mass is 286 g/mol. The van der Waals surface area contributed by atoms with E-state index in [9.17, 15) is 9.59 Å². The Balaban J connectivity index is 2.76. The summed E-state index contributed by atoms with van der Waals surface area (Å²) in [4.78, 5) is 24.0. The Hall–Kier alpha value is -1.20. The SMILES string of the molecule is CCNC(=O)C(C)NC(=O)c1cc(S)ccc1Cl. The summed E-state index contributed by atoms with van der Waals surface area (Å²) >= 11 is 10.1. The molecule has 1 rings (SSSR count). The van der Waals surface area contributed by atoms with Crippen LogP contribution < -0.4 is 10.6 Å². The van der Waals surface area contributed by atoms with Gasteiger partial charge in [-0.1, -0.05) is 11.6 Å². The average molecular weight is 287 g/mol. The van der Waals surface area contributed by atoms with Crippen molar-refractivity contribution in [1.82, 2.24) is 10.6 Å². The molecule has 0 bridgehead atoms. The lowest BCUT2D eigenvalue weighted by atomic mass is 10.2. The number of benzene rings is 1. The van der Waals surface area contributed by atoms with Crippen molar-refractivity contribution in [3.63, 3.8) is 0 Å². The molecule has 2 N–H and O–H groups in total. The van der Waals surface area contributed by atoms with Crippen LogP contribution in [0.25, 0.3) is 0 Å². The molecule has 1 atom stereocenters. The van der Waals surface area contributed by atoms with Crippen molar-refractivity contribution in [1.29, 1.82) is 0 Å². The van der Waals surface area contributed by atoms with Crippen molar-refractivity contribution in [2.75, 3.05) is 6.54 Å². The molecule has 1 unspecified atom stereocenters. The van der Waals surface area contributed by atoms with E-state index in [0.717, 1.165) is 0 Å². The second kappa shape index (κ2) is 6.66. The summed E-state index contributed by atoms with van der Waals surface area (Å²) < 4.78 is 0. The van der Waals surface area contributed by atoms with Gasteiger partial charge in [-0.3, -0.25) is 9.59 Å². The number of nitrogens with one attached hydrogen (secondary N) is 2. The first kappa shape index (κ1) is 14.9. The Morgan fingerprint density at radius 1 is 1.44 bits per heavy atom. The number of hydrogen-bond acceptors (Lipinski definition) is 3. The van der Waals surface area contributed by atoms with Gasteiger partial charge in [0.05, 0.1) is 10.6 Å². The Morgan fingerprint density at radius 3 is 2.72 bits per heavy atom. The quantitative estimate of drug-likeness (QED) is 0.740. The minimum atomic E-state index is -0.614. The van der Waals surface area contributed by atoms with Gasteiger partial charge >= 0.3 is 0 Å². The lowest BCUT2D eigenvalue weighted by Crippen LogP contribution is -2.44. The molecule has 18 heavy (non-hydrogen) atoms. The van der Waals surface area contributed by atoms with Gasteiger partial charge in [0.15, 0.2) is 0 Å². The predicted molar refractivity (Wildman–Crippen MR) is 74.3 cm³/mol. The van der Waals surface area contributed by atoms with Crippen LogP contribution in [0.1, 0.15) is 24.2 Å². The lowest BCUT2D eigenvalue weighted by molar-refractivity contribution is -0.122. The molecule has 0 radical (unpaired) electrons. The molecule has 0 aliphatic carbocycles. The van der Waals surface area contributed by atoms with Gasteiger partial charge in [0.25, 0.3) is 5.91 Å². The van der Waals surface area contributed by atoms with Gasteiger partial charge in [0.2, 0.25) is 5.91 Å². The van der Waals surface area contributed by atoms with Crippen LogP contribution in [0.2, 0.25) is 5.02 Å². The normalized spacial score (nSPS) is 11.8. The van der Waals surface area contributed by atoms with Crippen LogP contribution in [-0.4, -0.2) is 24.4 Å². The van der Waals surface area contributed by atoms with E-state index in [0.29, 0.717) is 22.0 Å². The molecule has 1 aromatic rings. The molecule has 0 spiro atoms. The molecule has 0 aromatic heterocycles. The molecule has 0 fully saturated rings. The highest BCUT2D eigenvalue weighted by molar-refractivity contribution is 7.80. The highest BCUT2D eigenvalue weighted by Crippen LogP contribution is 2.19. The van der Waals surface area contributed by atoms with Crippen molar-refractivity contribution >= 4 is 36.0 Å². The van der Waals surface area contributed by atoms with Crippen LogP contribution in [0.4, 0.5) is 0 Å². The fourth-order valence-corrected chi connectivity index (χ4v) is 1.76. The highest BCUT2D eigenvalue weighted by Gasteiger charge is 2.17. The van der Waals surface area contributed by atoms with Gasteiger partial charge in [0.1, 0.15) is 6.04 Å². The molecule has 98 valence electrons. The van der Waals surface area contributed by atoms with Crippen LogP contribution in [0.3, 0.4) is 0 Å². The van der Waals surface area contributed by atoms with Crippen LogP contribution >= 0.6 is 24.2 Å². The zero-order valence-corrected chi connectivity index (χ0v) is 11.8. The molecular formula is C12H15ClN2O2S. The molecule has 6 heteroatoms. The van der Waals surface area contributed by atoms with E-state index in [1.165, 1.54) is 0 Å². The van der Waals surface area contributed by atoms with E-state index >= 15 is 0 Å². The number of hydrogen-bond donors (Lipinski definition) is 3. The first-order chi connectivity index (χ1) is 8.45. The number of thiol groups is 1. The van der Waals surface area contributed by atoms with Gasteiger partial charge in [-0.15, -0.1) is 12.6 Å². The van der Waals surface area contributed by atoms with E-state index in [1.807, 2.05) is 6.92 Å². The second-order valence-electron chi connectivity index (χ2n) is 3.75. The number of likely N-dealkylation sites (N-methyl/N-ethyl adjacent to an activating group) is 1. The van der Waals surface area contributed by atoms with Gasteiger partial charge in [0, 0.05) is 11.4 Å². The minimum Gasteiger partial charge on any atom is -0.355 e. The first-order valence-corrected chi connectivity index (χ1v) is 6.35. The molecular weight excluding hydrogens is 272 g/mol. The molecule has 0 heterocycles. The molecule has 2 amide bonds. The van der Waals surface area contributed by atoms with Gasteiger partial charge in [-0.2, -0.15) is 0 Å². The maximum Gasteiger partial charge on any atom is 0.253 e. The second-order valence-corrected chi connectivity index (χ2v) is 4.68. The summed E-state index contributed by atoms with van der Waals surface area (Å²) in [7, 11) is 0. The maximum absolute atomic E-state index is 11.9. The summed E-state index contributed by atoms with van der Waals surface area (Å²) in [5.74, 6) is -0.626. The minimum absolute atomic E-state index is 0.232. The number of carbonyl (C=O) groups is 2. The summed E-state index contributed by atoms with van der Waals surface area (Å²) in [5, 5.41) is 5.53. The first-order valence-electron chi connectivity index (χ1n) is 5.52. The molecule has 4 nitrogen and oxygen atoms in total. The van der Waals surface area contributed by atoms with E-state index in [-0.39, 0.29) is 5.91 Å². The fraction of sp³-hybridized carbons (Fsp3) is 0.333. The van der Waals surface area contributed by atoms with Gasteiger partial charge in [-0.25, -0.2) is 0 Å². The zero-order valence-electron chi connectivity index (χ0n) is 10.2. The van der Waals surface area contributed by atoms with Crippen LogP contribution in [0.15, 0.2) is 23.1 Å². The molecule has 0 saturated heterocycles. The number of carbonyl (C=O) groups excluding carboxylic acids is 2. The Kier molecular flexibility index (Phi) is 5.50. The summed E-state index contributed by atoms with van der Waals surface area (Å²) in [6, 6.07) is 4.23. The number of halogens is 1. The van der Waals surface area contributed by atoms with Crippen molar-refractivity contribution < 1.29 is 9.59 Å². The third-order valence-corrected chi connectivity index (χ3v) is 2.89. The maximum atomic E-state index is 11.9. The summed E-state index contributed by atoms with van der Waals surface area (Å²) in [6.07, 6.45) is 0. The Bertz CT molecular complexity index is 465. The highest BCUT2D eigenvalue weighted by atomic mass is 35.5. The Labute approximate surface area is 117 Å². The van der Waals surface area contributed by atoms with E-state index in [1.54, 1.807) is 25.1 Å². The smallest absolute Gasteiger partial charge is 0.253 e. The molecule has 1 aromatic carbocycles. The van der Waals surface area contributed by atoms with Crippen LogP contribution in [0.5, 0.6) is 0 Å². The topological polar surface area (TPSA) is 58.2 Å². The summed E-state index contributed by atoms with van der Waals surface area (Å²) in [5.41, 5.74) is 0.306. The van der Waals surface area contributed by atoms with Crippen molar-refractivity contribution in [3.8, 4) is 0 Å². The number of rotatable bonds is 4. The standard InChI is InChI=1S/C12H15ClN2O2S/c1-3-14-11(16)7(2)15-12(17)9-6-8(18)4-5-10(9)13/h4-7,18H,3H2,1-2H3,(H,14,16)(H,15,17). The van der Waals surface area contributed by atoms with Crippen molar-refractivity contribution in [2.24, 2.45) is 0 Å². The number of amides is 2. The molecule has 0 aliphatic heterocycles. The largest absolute Gasteiger partial charge is 0.355 e. The van der Waals surface area contributed by atoms with Crippen molar-refractivity contribution in [2.45, 2.75) is 24.8 Å². The van der Waals surface area contributed by atoms with E-state index < -0.39 is 11.9 Å². The van der Waals surface area contributed by atoms with Crippen molar-refractivity contribution in [3.05, 3.63) is 28.8 Å². The Morgan fingerprint density at radius 2 is 2.11 bits per heavy atom.